The molecule has 96 valence electrons. The normalized spacial score (nSPS) is 12.4. The Morgan fingerprint density at radius 3 is 2.94 bits per heavy atom. The molecule has 1 rings (SSSR count). The van der Waals surface area contributed by atoms with E-state index >= 15 is 0 Å². The molecule has 0 fully saturated rings. The molecule has 17 heavy (non-hydrogen) atoms. The smallest absolute Gasteiger partial charge is 0.316 e. The van der Waals surface area contributed by atoms with Crippen LogP contribution < -0.4 is 0 Å². The van der Waals surface area contributed by atoms with Crippen LogP contribution in [0.15, 0.2) is 5.16 Å². The first-order chi connectivity index (χ1) is 8.13. The SMILES string of the molecule is CO[C@H](C)CCOC(=O)CSc1nnnn1C. The van der Waals surface area contributed by atoms with Crippen molar-refractivity contribution in [3.05, 3.63) is 0 Å². The van der Waals surface area contributed by atoms with Crippen molar-refractivity contribution in [3.8, 4) is 0 Å². The van der Waals surface area contributed by atoms with Crippen LogP contribution in [0, 0.1) is 0 Å². The third-order valence-electron chi connectivity index (χ3n) is 2.09. The van der Waals surface area contributed by atoms with Gasteiger partial charge in [-0.2, -0.15) is 0 Å². The molecule has 0 unspecified atom stereocenters. The van der Waals surface area contributed by atoms with Gasteiger partial charge in [-0.25, -0.2) is 4.68 Å². The molecule has 0 radical (unpaired) electrons. The molecule has 8 heteroatoms. The molecule has 0 aliphatic heterocycles. The zero-order valence-electron chi connectivity index (χ0n) is 10.1. The van der Waals surface area contributed by atoms with Crippen LogP contribution in [-0.4, -0.2) is 51.8 Å². The highest BCUT2D eigenvalue weighted by molar-refractivity contribution is 7.99. The Kier molecular flexibility index (Phi) is 5.92. The number of carbonyl (C=O) groups is 1. The summed E-state index contributed by atoms with van der Waals surface area (Å²) < 4.78 is 11.6. The first-order valence-electron chi connectivity index (χ1n) is 5.17. The van der Waals surface area contributed by atoms with Gasteiger partial charge in [-0.3, -0.25) is 4.79 Å². The molecule has 0 saturated heterocycles. The quantitative estimate of drug-likeness (QED) is 0.514. The zero-order chi connectivity index (χ0) is 12.7. The third kappa shape index (κ3) is 5.14. The fourth-order valence-electron chi connectivity index (χ4n) is 0.965. The van der Waals surface area contributed by atoms with Gasteiger partial charge in [0.25, 0.3) is 0 Å². The number of aromatic nitrogens is 4. The monoisotopic (exact) mass is 260 g/mol. The third-order valence-corrected chi connectivity index (χ3v) is 3.07. The average Bonchev–Trinajstić information content (AvgIpc) is 2.72. The fourth-order valence-corrected chi connectivity index (χ4v) is 1.61. The Balaban J connectivity index is 2.16. The molecule has 1 heterocycles. The molecule has 0 spiro atoms. The van der Waals surface area contributed by atoms with E-state index in [0.29, 0.717) is 18.2 Å². The number of hydrogen-bond acceptors (Lipinski definition) is 7. The zero-order valence-corrected chi connectivity index (χ0v) is 10.9. The highest BCUT2D eigenvalue weighted by Crippen LogP contribution is 2.12. The number of hydrogen-bond donors (Lipinski definition) is 0. The maximum atomic E-state index is 11.4. The molecule has 0 N–H and O–H groups in total. The topological polar surface area (TPSA) is 79.1 Å². The Morgan fingerprint density at radius 2 is 2.35 bits per heavy atom. The molecule has 0 bridgehead atoms. The second-order valence-electron chi connectivity index (χ2n) is 3.43. The summed E-state index contributed by atoms with van der Waals surface area (Å²) in [5.74, 6) is -0.0726. The minimum absolute atomic E-state index is 0.0957. The predicted molar refractivity (Wildman–Crippen MR) is 61.6 cm³/mol. The molecular weight excluding hydrogens is 244 g/mol. The Morgan fingerprint density at radius 1 is 1.59 bits per heavy atom. The van der Waals surface area contributed by atoms with Gasteiger partial charge in [-0.1, -0.05) is 11.8 Å². The van der Waals surface area contributed by atoms with Crippen molar-refractivity contribution in [1.29, 1.82) is 0 Å². The summed E-state index contributed by atoms with van der Waals surface area (Å²) >= 11 is 1.25. The molecule has 0 saturated carbocycles. The summed E-state index contributed by atoms with van der Waals surface area (Å²) in [6, 6.07) is 0. The highest BCUT2D eigenvalue weighted by atomic mass is 32.2. The van der Waals surface area contributed by atoms with E-state index in [1.165, 1.54) is 16.4 Å². The minimum Gasteiger partial charge on any atom is -0.465 e. The van der Waals surface area contributed by atoms with Crippen LogP contribution in [0.25, 0.3) is 0 Å². The number of rotatable bonds is 7. The lowest BCUT2D eigenvalue weighted by Crippen LogP contribution is -2.14. The Hall–Kier alpha value is -1.15. The molecule has 7 nitrogen and oxygen atoms in total. The summed E-state index contributed by atoms with van der Waals surface area (Å²) in [6.45, 7) is 2.29. The lowest BCUT2D eigenvalue weighted by atomic mass is 10.3. The van der Waals surface area contributed by atoms with Gasteiger partial charge >= 0.3 is 5.97 Å². The van der Waals surface area contributed by atoms with Crippen LogP contribution in [-0.2, 0) is 21.3 Å². The van der Waals surface area contributed by atoms with E-state index < -0.39 is 0 Å². The van der Waals surface area contributed by atoms with Gasteiger partial charge in [-0.05, 0) is 17.4 Å². The molecule has 1 atom stereocenters. The molecule has 0 aliphatic rings. The van der Waals surface area contributed by atoms with E-state index in [1.54, 1.807) is 14.2 Å². The molecule has 1 aromatic rings. The van der Waals surface area contributed by atoms with Crippen LogP contribution in [0.2, 0.25) is 0 Å². The number of aryl methyl sites for hydroxylation is 1. The molecule has 1 aromatic heterocycles. The maximum absolute atomic E-state index is 11.4. The molecule has 0 aliphatic carbocycles. The Labute approximate surface area is 104 Å². The van der Waals surface area contributed by atoms with Gasteiger partial charge in [0.2, 0.25) is 5.16 Å². The number of methoxy groups -OCH3 is 1. The molecule has 0 aromatic carbocycles. The van der Waals surface area contributed by atoms with Gasteiger partial charge < -0.3 is 9.47 Å². The predicted octanol–water partition coefficient (Wildman–Crippen LogP) is 0.270. The number of carbonyl (C=O) groups excluding carboxylic acids is 1. The second kappa shape index (κ2) is 7.23. The van der Waals surface area contributed by atoms with E-state index in [0.717, 1.165) is 0 Å². The largest absolute Gasteiger partial charge is 0.465 e. The van der Waals surface area contributed by atoms with Crippen molar-refractivity contribution in [2.24, 2.45) is 7.05 Å². The van der Waals surface area contributed by atoms with Crippen molar-refractivity contribution in [2.45, 2.75) is 24.6 Å². The van der Waals surface area contributed by atoms with Crippen LogP contribution >= 0.6 is 11.8 Å². The lowest BCUT2D eigenvalue weighted by Gasteiger charge is -2.09. The van der Waals surface area contributed by atoms with Crippen LogP contribution in [0.4, 0.5) is 0 Å². The summed E-state index contributed by atoms with van der Waals surface area (Å²) in [4.78, 5) is 11.4. The number of tetrazole rings is 1. The molecular formula is C9H16N4O3S. The van der Waals surface area contributed by atoms with Crippen molar-refractivity contribution in [2.75, 3.05) is 19.5 Å². The average molecular weight is 260 g/mol. The van der Waals surface area contributed by atoms with Crippen LogP contribution in [0.3, 0.4) is 0 Å². The van der Waals surface area contributed by atoms with Crippen LogP contribution in [0.5, 0.6) is 0 Å². The van der Waals surface area contributed by atoms with Gasteiger partial charge in [0.15, 0.2) is 0 Å². The Bertz CT molecular complexity index is 358. The summed E-state index contributed by atoms with van der Waals surface area (Å²) in [5.41, 5.74) is 0. The number of nitrogens with zero attached hydrogens (tertiary/aromatic N) is 4. The van der Waals surface area contributed by atoms with Gasteiger partial charge in [0, 0.05) is 20.6 Å². The summed E-state index contributed by atoms with van der Waals surface area (Å²) in [7, 11) is 3.34. The van der Waals surface area contributed by atoms with E-state index in [4.69, 9.17) is 9.47 Å². The number of esters is 1. The van der Waals surface area contributed by atoms with E-state index in [9.17, 15) is 4.79 Å². The van der Waals surface area contributed by atoms with Crippen molar-refractivity contribution in [3.63, 3.8) is 0 Å². The number of thioether (sulfide) groups is 1. The fraction of sp³-hybridized carbons (Fsp3) is 0.778. The second-order valence-corrected chi connectivity index (χ2v) is 4.37. The van der Waals surface area contributed by atoms with E-state index in [2.05, 4.69) is 15.5 Å². The van der Waals surface area contributed by atoms with Gasteiger partial charge in [-0.15, -0.1) is 5.10 Å². The molecule has 0 amide bonds. The van der Waals surface area contributed by atoms with Crippen molar-refractivity contribution in [1.82, 2.24) is 20.2 Å². The van der Waals surface area contributed by atoms with Gasteiger partial charge in [0.1, 0.15) is 0 Å². The highest BCUT2D eigenvalue weighted by Gasteiger charge is 2.09. The first kappa shape index (κ1) is 13.9. The van der Waals surface area contributed by atoms with Crippen molar-refractivity contribution < 1.29 is 14.3 Å². The minimum atomic E-state index is -0.277. The van der Waals surface area contributed by atoms with E-state index in [1.807, 2.05) is 6.92 Å². The first-order valence-corrected chi connectivity index (χ1v) is 6.15. The van der Waals surface area contributed by atoms with Crippen LogP contribution in [0.1, 0.15) is 13.3 Å². The maximum Gasteiger partial charge on any atom is 0.316 e. The lowest BCUT2D eigenvalue weighted by molar-refractivity contribution is -0.141. The summed E-state index contributed by atoms with van der Waals surface area (Å²) in [5, 5.41) is 11.5. The van der Waals surface area contributed by atoms with Gasteiger partial charge in [0.05, 0.1) is 18.5 Å². The van der Waals surface area contributed by atoms with Crippen molar-refractivity contribution >= 4 is 17.7 Å². The number of ether oxygens (including phenoxy) is 2. The standard InChI is InChI=1S/C9H16N4O3S/c1-7(15-3)4-5-16-8(14)6-17-9-10-11-12-13(9)2/h7H,4-6H2,1-3H3/t7-/m1/s1. The van der Waals surface area contributed by atoms with E-state index in [-0.39, 0.29) is 17.8 Å². The summed E-state index contributed by atoms with van der Waals surface area (Å²) in [6.07, 6.45) is 0.789.